The largest absolute Gasteiger partial charge is 0.464 e. The minimum Gasteiger partial charge on any atom is -0.464 e. The molecular weight excluding hydrogens is 368 g/mol. The van der Waals surface area contributed by atoms with Gasteiger partial charge in [0.05, 0.1) is 6.54 Å². The van der Waals surface area contributed by atoms with Gasteiger partial charge in [-0.1, -0.05) is 48.5 Å². The van der Waals surface area contributed by atoms with Crippen molar-refractivity contribution in [3.8, 4) is 0 Å². The average Bonchev–Trinajstić information content (AvgIpc) is 2.77. The van der Waals surface area contributed by atoms with Crippen molar-refractivity contribution in [1.29, 1.82) is 0 Å². The number of amides is 2. The first-order valence-electron chi connectivity index (χ1n) is 9.90. The molecule has 0 spiro atoms. The highest BCUT2D eigenvalue weighted by Gasteiger charge is 2.30. The third kappa shape index (κ3) is 5.44. The van der Waals surface area contributed by atoms with Gasteiger partial charge in [0.2, 0.25) is 0 Å². The fourth-order valence-electron chi connectivity index (χ4n) is 3.57. The summed E-state index contributed by atoms with van der Waals surface area (Å²) in [6.45, 7) is 2.82. The van der Waals surface area contributed by atoms with Crippen molar-refractivity contribution in [2.24, 2.45) is 5.92 Å². The number of anilines is 1. The summed E-state index contributed by atoms with van der Waals surface area (Å²) in [4.78, 5) is 40.3. The van der Waals surface area contributed by atoms with Crippen molar-refractivity contribution in [3.05, 3.63) is 66.2 Å². The molecule has 0 aromatic heterocycles. The molecule has 6 nitrogen and oxygen atoms in total. The number of esters is 1. The van der Waals surface area contributed by atoms with Crippen molar-refractivity contribution in [2.75, 3.05) is 31.1 Å². The molecule has 6 heteroatoms. The normalized spacial score (nSPS) is 14.3. The third-order valence-corrected chi connectivity index (χ3v) is 5.11. The Kier molecular flexibility index (Phi) is 7.00. The van der Waals surface area contributed by atoms with Crippen molar-refractivity contribution in [2.45, 2.75) is 19.8 Å². The van der Waals surface area contributed by atoms with Gasteiger partial charge in [-0.25, -0.2) is 4.79 Å². The van der Waals surface area contributed by atoms with Crippen molar-refractivity contribution < 1.29 is 19.1 Å². The number of carbonyl (C=O) groups excluding carboxylic acids is 3. The summed E-state index contributed by atoms with van der Waals surface area (Å²) in [5, 5.41) is 0. The lowest BCUT2D eigenvalue weighted by Gasteiger charge is -2.35. The topological polar surface area (TPSA) is 66.9 Å². The van der Waals surface area contributed by atoms with E-state index >= 15 is 0 Å². The quantitative estimate of drug-likeness (QED) is 0.553. The molecular formula is C23H26N2O4. The Labute approximate surface area is 171 Å². The summed E-state index contributed by atoms with van der Waals surface area (Å²) in [6, 6.07) is 18.5. The molecule has 1 aliphatic heterocycles. The molecule has 0 N–H and O–H groups in total. The molecule has 2 aromatic rings. The van der Waals surface area contributed by atoms with E-state index < -0.39 is 0 Å². The minimum atomic E-state index is -0.370. The van der Waals surface area contributed by atoms with E-state index in [4.69, 9.17) is 4.74 Å². The van der Waals surface area contributed by atoms with Crippen molar-refractivity contribution in [3.63, 3.8) is 0 Å². The molecule has 152 valence electrons. The van der Waals surface area contributed by atoms with Gasteiger partial charge >= 0.3 is 12.0 Å². The number of para-hydroxylation sites is 1. The average molecular weight is 394 g/mol. The maximum atomic E-state index is 13.1. The number of Topliss-reactive ketones (excluding diaryl/α,β-unsaturated/α-hetero) is 1. The van der Waals surface area contributed by atoms with Gasteiger partial charge < -0.3 is 9.64 Å². The van der Waals surface area contributed by atoms with Crippen LogP contribution in [0.4, 0.5) is 10.5 Å². The molecule has 0 unspecified atom stereocenters. The zero-order valence-electron chi connectivity index (χ0n) is 16.6. The van der Waals surface area contributed by atoms with Crippen LogP contribution in [0.2, 0.25) is 0 Å². The fourth-order valence-corrected chi connectivity index (χ4v) is 3.57. The predicted molar refractivity (Wildman–Crippen MR) is 111 cm³/mol. The monoisotopic (exact) mass is 394 g/mol. The van der Waals surface area contributed by atoms with Gasteiger partial charge in [-0.2, -0.15) is 0 Å². The maximum Gasteiger partial charge on any atom is 0.324 e. The molecule has 0 atom stereocenters. The lowest BCUT2D eigenvalue weighted by Crippen LogP contribution is -2.48. The molecule has 1 saturated heterocycles. The number of ketones is 1. The number of piperidine rings is 1. The van der Waals surface area contributed by atoms with Crippen LogP contribution in [0, 0.1) is 5.92 Å². The lowest BCUT2D eigenvalue weighted by molar-refractivity contribution is -0.140. The van der Waals surface area contributed by atoms with Crippen LogP contribution in [-0.2, 0) is 9.53 Å². The number of hydrogen-bond acceptors (Lipinski definition) is 4. The molecule has 3 rings (SSSR count). The molecule has 0 aliphatic carbocycles. The highest BCUT2D eigenvalue weighted by atomic mass is 16.5. The Bertz CT molecular complexity index is 830. The van der Waals surface area contributed by atoms with Crippen LogP contribution in [0.5, 0.6) is 0 Å². The molecule has 0 bridgehead atoms. The van der Waals surface area contributed by atoms with Crippen LogP contribution in [0.3, 0.4) is 0 Å². The van der Waals surface area contributed by atoms with Crippen LogP contribution < -0.4 is 4.90 Å². The summed E-state index contributed by atoms with van der Waals surface area (Å²) < 4.78 is 5.03. The smallest absolute Gasteiger partial charge is 0.324 e. The van der Waals surface area contributed by atoms with E-state index in [9.17, 15) is 14.4 Å². The Morgan fingerprint density at radius 2 is 1.55 bits per heavy atom. The first kappa shape index (κ1) is 20.6. The van der Waals surface area contributed by atoms with Crippen LogP contribution in [0.25, 0.3) is 0 Å². The number of likely N-dealkylation sites (tertiary alicyclic amines) is 1. The Balaban J connectivity index is 1.63. The van der Waals surface area contributed by atoms with E-state index in [1.54, 1.807) is 9.80 Å². The number of hydrogen-bond donors (Lipinski definition) is 0. The molecule has 2 amide bonds. The fraction of sp³-hybridized carbons (Fsp3) is 0.348. The Hall–Kier alpha value is -3.15. The van der Waals surface area contributed by atoms with Gasteiger partial charge in [-0.05, 0) is 25.0 Å². The summed E-state index contributed by atoms with van der Waals surface area (Å²) in [5.41, 5.74) is 1.48. The second kappa shape index (κ2) is 9.87. The van der Waals surface area contributed by atoms with Gasteiger partial charge in [0.15, 0.2) is 5.78 Å². The van der Waals surface area contributed by atoms with E-state index in [-0.39, 0.29) is 36.9 Å². The first-order chi connectivity index (χ1) is 14.1. The van der Waals surface area contributed by atoms with Gasteiger partial charge in [-0.3, -0.25) is 14.5 Å². The van der Waals surface area contributed by atoms with Crippen LogP contribution in [0.1, 0.15) is 30.1 Å². The van der Waals surface area contributed by atoms with Crippen molar-refractivity contribution in [1.82, 2.24) is 4.90 Å². The number of carbonyl (C=O) groups is 3. The molecule has 0 saturated carbocycles. The molecule has 29 heavy (non-hydrogen) atoms. The SMILES string of the molecule is CC(=O)OCCN(C(=O)N1CCC(C(=O)c2ccccc2)CC1)c1ccccc1. The summed E-state index contributed by atoms with van der Waals surface area (Å²) in [6.07, 6.45) is 1.29. The van der Waals surface area contributed by atoms with E-state index in [1.807, 2.05) is 60.7 Å². The summed E-state index contributed by atoms with van der Waals surface area (Å²) >= 11 is 0. The zero-order valence-corrected chi connectivity index (χ0v) is 16.6. The molecule has 2 aromatic carbocycles. The third-order valence-electron chi connectivity index (χ3n) is 5.11. The van der Waals surface area contributed by atoms with Gasteiger partial charge in [0.25, 0.3) is 0 Å². The van der Waals surface area contributed by atoms with Crippen molar-refractivity contribution >= 4 is 23.5 Å². The van der Waals surface area contributed by atoms with E-state index in [2.05, 4.69) is 0 Å². The van der Waals surface area contributed by atoms with Gasteiger partial charge in [0.1, 0.15) is 6.61 Å². The molecule has 0 radical (unpaired) electrons. The standard InChI is InChI=1S/C23H26N2O4/c1-18(26)29-17-16-25(21-10-6-3-7-11-21)23(28)24-14-12-20(13-15-24)22(27)19-8-4-2-5-9-19/h2-11,20H,12-17H2,1H3. The number of nitrogens with zero attached hydrogens (tertiary/aromatic N) is 2. The molecule has 1 heterocycles. The zero-order chi connectivity index (χ0) is 20.6. The van der Waals surface area contributed by atoms with Crippen LogP contribution in [0.15, 0.2) is 60.7 Å². The van der Waals surface area contributed by atoms with E-state index in [0.29, 0.717) is 25.9 Å². The maximum absolute atomic E-state index is 13.1. The van der Waals surface area contributed by atoms with E-state index in [0.717, 1.165) is 11.3 Å². The number of benzene rings is 2. The number of ether oxygens (including phenoxy) is 1. The Morgan fingerprint density at radius 1 is 0.966 bits per heavy atom. The van der Waals surface area contributed by atoms with Crippen LogP contribution in [-0.4, -0.2) is 48.9 Å². The Morgan fingerprint density at radius 3 is 2.14 bits per heavy atom. The second-order valence-corrected chi connectivity index (χ2v) is 7.10. The predicted octanol–water partition coefficient (Wildman–Crippen LogP) is 3.77. The summed E-state index contributed by atoms with van der Waals surface area (Å²) in [5.74, 6) is -0.286. The van der Waals surface area contributed by atoms with Gasteiger partial charge in [0, 0.05) is 37.2 Å². The highest BCUT2D eigenvalue weighted by Crippen LogP contribution is 2.24. The molecule has 1 fully saturated rings. The van der Waals surface area contributed by atoms with E-state index in [1.165, 1.54) is 6.92 Å². The second-order valence-electron chi connectivity index (χ2n) is 7.10. The minimum absolute atomic E-state index is 0.0623. The molecule has 1 aliphatic rings. The lowest BCUT2D eigenvalue weighted by atomic mass is 9.89. The first-order valence-corrected chi connectivity index (χ1v) is 9.90. The van der Waals surface area contributed by atoms with Gasteiger partial charge in [-0.15, -0.1) is 0 Å². The highest BCUT2D eigenvalue weighted by molar-refractivity contribution is 5.98. The number of rotatable bonds is 6. The van der Waals surface area contributed by atoms with Crippen LogP contribution >= 0.6 is 0 Å². The number of urea groups is 1. The summed E-state index contributed by atoms with van der Waals surface area (Å²) in [7, 11) is 0.